The summed E-state index contributed by atoms with van der Waals surface area (Å²) in [6.45, 7) is 1.90. The number of nitrogens with zero attached hydrogens (tertiary/aromatic N) is 4. The summed E-state index contributed by atoms with van der Waals surface area (Å²) in [5.41, 5.74) is 0.812. The van der Waals surface area contributed by atoms with Crippen molar-refractivity contribution < 1.29 is 14.0 Å². The molecule has 7 nitrogen and oxygen atoms in total. The molecule has 1 saturated heterocycles. The molecule has 0 bridgehead atoms. The number of amides is 1. The maximum atomic E-state index is 13.5. The van der Waals surface area contributed by atoms with Gasteiger partial charge in [-0.25, -0.2) is 14.4 Å². The molecule has 132 valence electrons. The molecule has 1 aliphatic rings. The van der Waals surface area contributed by atoms with E-state index < -0.39 is 17.5 Å². The van der Waals surface area contributed by atoms with E-state index in [1.54, 1.807) is 24.5 Å². The average Bonchev–Trinajstić information content (AvgIpc) is 3.10. The van der Waals surface area contributed by atoms with Crippen LogP contribution in [0.4, 0.5) is 10.3 Å². The van der Waals surface area contributed by atoms with Gasteiger partial charge in [0.1, 0.15) is 5.82 Å². The van der Waals surface area contributed by atoms with Crippen LogP contribution >= 0.6 is 0 Å². The van der Waals surface area contributed by atoms with Gasteiger partial charge in [-0.1, -0.05) is 0 Å². The number of carbonyl (C=O) groups is 2. The summed E-state index contributed by atoms with van der Waals surface area (Å²) in [5.74, 6) is -1.05. The summed E-state index contributed by atoms with van der Waals surface area (Å²) in [4.78, 5) is 40.0. The van der Waals surface area contributed by atoms with E-state index in [1.807, 2.05) is 4.90 Å². The molecule has 0 spiro atoms. The van der Waals surface area contributed by atoms with Crippen molar-refractivity contribution in [1.82, 2.24) is 19.9 Å². The van der Waals surface area contributed by atoms with Gasteiger partial charge < -0.3 is 14.8 Å². The van der Waals surface area contributed by atoms with Crippen LogP contribution in [0.1, 0.15) is 10.4 Å². The molecule has 1 aromatic carbocycles. The van der Waals surface area contributed by atoms with E-state index in [0.29, 0.717) is 43.0 Å². The molecule has 3 aromatic rings. The number of aromatic nitrogens is 3. The van der Waals surface area contributed by atoms with Gasteiger partial charge in [0.2, 0.25) is 5.95 Å². The SMILES string of the molecule is O=C(C(=O)N1CCN(c2ncccn2)CC1)c1c[nH]c2ccc(F)cc12. The fourth-order valence-electron chi connectivity index (χ4n) is 3.10. The zero-order valence-corrected chi connectivity index (χ0v) is 13.9. The number of benzene rings is 1. The standard InChI is InChI=1S/C18H16FN5O2/c19-12-2-3-15-13(10-12)14(11-22-15)16(25)17(26)23-6-8-24(9-7-23)18-20-4-1-5-21-18/h1-5,10-11,22H,6-9H2. The maximum absolute atomic E-state index is 13.5. The number of fused-ring (bicyclic) bond motifs is 1. The predicted octanol–water partition coefficient (Wildman–Crippen LogP) is 1.63. The first-order valence-electron chi connectivity index (χ1n) is 8.26. The van der Waals surface area contributed by atoms with Gasteiger partial charge >= 0.3 is 0 Å². The lowest BCUT2D eigenvalue weighted by Gasteiger charge is -2.34. The first-order valence-corrected chi connectivity index (χ1v) is 8.26. The van der Waals surface area contributed by atoms with Crippen LogP contribution in [0, 0.1) is 5.82 Å². The molecule has 0 aliphatic carbocycles. The average molecular weight is 353 g/mol. The lowest BCUT2D eigenvalue weighted by atomic mass is 10.1. The van der Waals surface area contributed by atoms with Crippen LogP contribution in [-0.4, -0.2) is 57.7 Å². The van der Waals surface area contributed by atoms with Crippen LogP contribution in [0.3, 0.4) is 0 Å². The number of carbonyl (C=O) groups excluding carboxylic acids is 2. The fraction of sp³-hybridized carbons (Fsp3) is 0.222. The number of hydrogen-bond donors (Lipinski definition) is 1. The van der Waals surface area contributed by atoms with Gasteiger partial charge in [-0.2, -0.15) is 0 Å². The van der Waals surface area contributed by atoms with Crippen LogP contribution < -0.4 is 4.90 Å². The molecule has 2 aromatic heterocycles. The summed E-state index contributed by atoms with van der Waals surface area (Å²) >= 11 is 0. The van der Waals surface area contributed by atoms with E-state index in [1.165, 1.54) is 23.2 Å². The first kappa shape index (κ1) is 16.2. The van der Waals surface area contributed by atoms with Crippen molar-refractivity contribution in [3.05, 3.63) is 54.2 Å². The Morgan fingerprint density at radius 2 is 1.81 bits per heavy atom. The highest BCUT2D eigenvalue weighted by molar-refractivity contribution is 6.44. The van der Waals surface area contributed by atoms with Crippen molar-refractivity contribution in [2.75, 3.05) is 31.1 Å². The second kappa shape index (κ2) is 6.55. The number of halogens is 1. The van der Waals surface area contributed by atoms with E-state index in [9.17, 15) is 14.0 Å². The Labute approximate surface area is 148 Å². The van der Waals surface area contributed by atoms with Gasteiger partial charge in [0, 0.05) is 55.7 Å². The summed E-state index contributed by atoms with van der Waals surface area (Å²) in [6, 6.07) is 5.85. The molecule has 0 radical (unpaired) electrons. The third-order valence-corrected chi connectivity index (χ3v) is 4.48. The molecular weight excluding hydrogens is 337 g/mol. The number of hydrogen-bond acceptors (Lipinski definition) is 5. The van der Waals surface area contributed by atoms with Crippen LogP contribution in [0.15, 0.2) is 42.9 Å². The van der Waals surface area contributed by atoms with Crippen molar-refractivity contribution in [2.24, 2.45) is 0 Å². The molecular formula is C18H16FN5O2. The van der Waals surface area contributed by atoms with E-state index in [0.717, 1.165) is 0 Å². The number of H-pyrrole nitrogens is 1. The Bertz CT molecular complexity index is 964. The Kier molecular flexibility index (Phi) is 4.08. The van der Waals surface area contributed by atoms with Crippen LogP contribution in [-0.2, 0) is 4.79 Å². The molecule has 1 amide bonds. The van der Waals surface area contributed by atoms with E-state index in [4.69, 9.17) is 0 Å². The third kappa shape index (κ3) is 2.90. The van der Waals surface area contributed by atoms with Crippen molar-refractivity contribution in [1.29, 1.82) is 0 Å². The molecule has 0 atom stereocenters. The Balaban J connectivity index is 1.48. The quantitative estimate of drug-likeness (QED) is 0.572. The summed E-state index contributed by atoms with van der Waals surface area (Å²) in [6.07, 6.45) is 4.79. The molecule has 0 unspecified atom stereocenters. The number of ketones is 1. The predicted molar refractivity (Wildman–Crippen MR) is 93.4 cm³/mol. The van der Waals surface area contributed by atoms with E-state index in [2.05, 4.69) is 15.0 Å². The molecule has 3 heterocycles. The van der Waals surface area contributed by atoms with Crippen molar-refractivity contribution in [3.8, 4) is 0 Å². The zero-order valence-electron chi connectivity index (χ0n) is 13.9. The summed E-state index contributed by atoms with van der Waals surface area (Å²) in [5, 5.41) is 0.416. The highest BCUT2D eigenvalue weighted by Gasteiger charge is 2.29. The number of Topliss-reactive ketones (excluding diaryl/α,β-unsaturated/α-hetero) is 1. The first-order chi connectivity index (χ1) is 12.6. The number of piperazine rings is 1. The Hall–Kier alpha value is -3.29. The molecule has 8 heteroatoms. The number of nitrogens with one attached hydrogen (secondary N) is 1. The number of anilines is 1. The zero-order chi connectivity index (χ0) is 18.1. The van der Waals surface area contributed by atoms with E-state index >= 15 is 0 Å². The minimum absolute atomic E-state index is 0.193. The molecule has 4 rings (SSSR count). The van der Waals surface area contributed by atoms with Gasteiger partial charge in [-0.3, -0.25) is 9.59 Å². The molecule has 1 fully saturated rings. The van der Waals surface area contributed by atoms with Crippen LogP contribution in [0.2, 0.25) is 0 Å². The smallest absolute Gasteiger partial charge is 0.295 e. The number of rotatable bonds is 3. The molecule has 26 heavy (non-hydrogen) atoms. The minimum atomic E-state index is -0.633. The normalized spacial score (nSPS) is 14.7. The summed E-state index contributed by atoms with van der Waals surface area (Å²) in [7, 11) is 0. The van der Waals surface area contributed by atoms with Gasteiger partial charge in [0.15, 0.2) is 0 Å². The number of aromatic amines is 1. The Morgan fingerprint density at radius 1 is 1.08 bits per heavy atom. The molecule has 0 saturated carbocycles. The minimum Gasteiger partial charge on any atom is -0.360 e. The maximum Gasteiger partial charge on any atom is 0.295 e. The van der Waals surface area contributed by atoms with Crippen molar-refractivity contribution in [2.45, 2.75) is 0 Å². The fourth-order valence-corrected chi connectivity index (χ4v) is 3.10. The molecule has 1 aliphatic heterocycles. The molecule has 1 N–H and O–H groups in total. The van der Waals surface area contributed by atoms with Crippen molar-refractivity contribution in [3.63, 3.8) is 0 Å². The van der Waals surface area contributed by atoms with Gasteiger partial charge in [0.05, 0.1) is 5.56 Å². The highest BCUT2D eigenvalue weighted by atomic mass is 19.1. The third-order valence-electron chi connectivity index (χ3n) is 4.48. The topological polar surface area (TPSA) is 82.2 Å². The van der Waals surface area contributed by atoms with E-state index in [-0.39, 0.29) is 5.56 Å². The second-order valence-corrected chi connectivity index (χ2v) is 6.05. The highest BCUT2D eigenvalue weighted by Crippen LogP contribution is 2.21. The second-order valence-electron chi connectivity index (χ2n) is 6.05. The lowest BCUT2D eigenvalue weighted by molar-refractivity contribution is -0.126. The largest absolute Gasteiger partial charge is 0.360 e. The van der Waals surface area contributed by atoms with Gasteiger partial charge in [0.25, 0.3) is 11.7 Å². The monoisotopic (exact) mass is 353 g/mol. The van der Waals surface area contributed by atoms with Gasteiger partial charge in [-0.15, -0.1) is 0 Å². The van der Waals surface area contributed by atoms with Crippen LogP contribution in [0.25, 0.3) is 10.9 Å². The van der Waals surface area contributed by atoms with Gasteiger partial charge in [-0.05, 0) is 24.3 Å². The Morgan fingerprint density at radius 3 is 2.54 bits per heavy atom. The van der Waals surface area contributed by atoms with Crippen molar-refractivity contribution >= 4 is 28.5 Å². The van der Waals surface area contributed by atoms with Crippen LogP contribution in [0.5, 0.6) is 0 Å². The lowest BCUT2D eigenvalue weighted by Crippen LogP contribution is -2.51. The summed E-state index contributed by atoms with van der Waals surface area (Å²) < 4.78 is 13.5.